The van der Waals surface area contributed by atoms with Crippen molar-refractivity contribution in [3.63, 3.8) is 0 Å². The fourth-order valence-electron chi connectivity index (χ4n) is 5.51. The number of halogens is 1. The second kappa shape index (κ2) is 7.97. The SMILES string of the molecule is NC(=O)CCC1NC2(C(=O)Nc3c(Cl)cccc32)C2C(=O)N(CCc3ccccc3)C(=O)C12. The van der Waals surface area contributed by atoms with Crippen molar-refractivity contribution in [1.82, 2.24) is 10.2 Å². The van der Waals surface area contributed by atoms with E-state index in [9.17, 15) is 19.2 Å². The summed E-state index contributed by atoms with van der Waals surface area (Å²) in [6.45, 7) is 0.220. The number of amides is 4. The van der Waals surface area contributed by atoms with E-state index < -0.39 is 41.1 Å². The van der Waals surface area contributed by atoms with Crippen LogP contribution in [-0.2, 0) is 31.1 Å². The molecule has 3 heterocycles. The molecule has 4 atom stereocenters. The van der Waals surface area contributed by atoms with Crippen LogP contribution in [0.5, 0.6) is 0 Å². The van der Waals surface area contributed by atoms with Gasteiger partial charge in [-0.25, -0.2) is 0 Å². The van der Waals surface area contributed by atoms with Crippen molar-refractivity contribution in [2.75, 3.05) is 11.9 Å². The van der Waals surface area contributed by atoms with Crippen molar-refractivity contribution < 1.29 is 19.2 Å². The predicted molar refractivity (Wildman–Crippen MR) is 121 cm³/mol. The van der Waals surface area contributed by atoms with Gasteiger partial charge < -0.3 is 11.1 Å². The molecule has 170 valence electrons. The first-order valence-electron chi connectivity index (χ1n) is 10.9. The van der Waals surface area contributed by atoms with Gasteiger partial charge in [0.15, 0.2) is 0 Å². The van der Waals surface area contributed by atoms with E-state index in [-0.39, 0.29) is 25.3 Å². The lowest BCUT2D eigenvalue weighted by Gasteiger charge is -2.29. The molecular weight excluding hydrogens is 444 g/mol. The first-order valence-corrected chi connectivity index (χ1v) is 11.3. The van der Waals surface area contributed by atoms with E-state index in [0.717, 1.165) is 5.56 Å². The van der Waals surface area contributed by atoms with Gasteiger partial charge in [-0.2, -0.15) is 0 Å². The summed E-state index contributed by atoms with van der Waals surface area (Å²) in [6.07, 6.45) is 0.790. The number of hydrogen-bond acceptors (Lipinski definition) is 5. The highest BCUT2D eigenvalue weighted by Gasteiger charge is 2.70. The number of benzene rings is 2. The molecule has 4 N–H and O–H groups in total. The summed E-state index contributed by atoms with van der Waals surface area (Å²) in [7, 11) is 0. The van der Waals surface area contributed by atoms with Gasteiger partial charge in [0, 0.05) is 24.6 Å². The Labute approximate surface area is 195 Å². The first kappa shape index (κ1) is 21.6. The Morgan fingerprint density at radius 2 is 1.82 bits per heavy atom. The molecule has 2 aromatic carbocycles. The van der Waals surface area contributed by atoms with Crippen LogP contribution >= 0.6 is 11.6 Å². The average Bonchev–Trinajstić information content (AvgIpc) is 3.38. The third-order valence-electron chi connectivity index (χ3n) is 6.96. The molecule has 2 fully saturated rings. The van der Waals surface area contributed by atoms with Crippen LogP contribution in [-0.4, -0.2) is 41.1 Å². The first-order chi connectivity index (χ1) is 15.8. The molecule has 3 aliphatic rings. The number of carbonyl (C=O) groups is 4. The Balaban J connectivity index is 1.53. The Morgan fingerprint density at radius 1 is 1.06 bits per heavy atom. The predicted octanol–water partition coefficient (Wildman–Crippen LogP) is 1.57. The molecule has 33 heavy (non-hydrogen) atoms. The maximum absolute atomic E-state index is 13.7. The molecule has 0 radical (unpaired) electrons. The van der Waals surface area contributed by atoms with Crippen LogP contribution in [0.15, 0.2) is 48.5 Å². The standard InChI is InChI=1S/C24H23ClN4O4/c25-15-8-4-7-14-20(15)27-23(33)24(14)19-18(16(28-24)9-10-17(26)30)21(31)29(22(19)32)12-11-13-5-2-1-3-6-13/h1-8,16,18-19,28H,9-12H2,(H2,26,30)(H,27,33). The molecule has 2 saturated heterocycles. The summed E-state index contributed by atoms with van der Waals surface area (Å²) < 4.78 is 0. The Morgan fingerprint density at radius 3 is 2.55 bits per heavy atom. The number of rotatable bonds is 6. The molecule has 3 aliphatic heterocycles. The smallest absolute Gasteiger partial charge is 0.250 e. The summed E-state index contributed by atoms with van der Waals surface area (Å²) in [4.78, 5) is 53.3. The lowest BCUT2D eigenvalue weighted by molar-refractivity contribution is -0.142. The highest BCUT2D eigenvalue weighted by atomic mass is 35.5. The van der Waals surface area contributed by atoms with Crippen molar-refractivity contribution in [3.8, 4) is 0 Å². The monoisotopic (exact) mass is 466 g/mol. The van der Waals surface area contributed by atoms with Crippen LogP contribution in [0, 0.1) is 11.8 Å². The molecule has 0 saturated carbocycles. The van der Waals surface area contributed by atoms with E-state index in [4.69, 9.17) is 17.3 Å². The minimum atomic E-state index is -1.43. The van der Waals surface area contributed by atoms with Crippen molar-refractivity contribution in [3.05, 3.63) is 64.7 Å². The van der Waals surface area contributed by atoms with Crippen LogP contribution in [0.4, 0.5) is 5.69 Å². The van der Waals surface area contributed by atoms with Crippen LogP contribution in [0.25, 0.3) is 0 Å². The molecule has 0 aromatic heterocycles. The number of fused-ring (bicyclic) bond motifs is 4. The van der Waals surface area contributed by atoms with Gasteiger partial charge in [-0.3, -0.25) is 29.4 Å². The summed E-state index contributed by atoms with van der Waals surface area (Å²) in [5.41, 5.74) is 5.91. The minimum absolute atomic E-state index is 0.0342. The maximum atomic E-state index is 13.7. The van der Waals surface area contributed by atoms with Gasteiger partial charge in [0.2, 0.25) is 23.6 Å². The zero-order valence-corrected chi connectivity index (χ0v) is 18.5. The van der Waals surface area contributed by atoms with Crippen LogP contribution in [0.1, 0.15) is 24.0 Å². The van der Waals surface area contributed by atoms with Crippen LogP contribution in [0.3, 0.4) is 0 Å². The van der Waals surface area contributed by atoms with Gasteiger partial charge in [0.1, 0.15) is 5.54 Å². The fraction of sp³-hybridized carbons (Fsp3) is 0.333. The molecule has 8 nitrogen and oxygen atoms in total. The van der Waals surface area contributed by atoms with E-state index in [1.807, 2.05) is 30.3 Å². The minimum Gasteiger partial charge on any atom is -0.370 e. The van der Waals surface area contributed by atoms with E-state index >= 15 is 0 Å². The lowest BCUT2D eigenvalue weighted by Crippen LogP contribution is -2.53. The van der Waals surface area contributed by atoms with E-state index in [1.165, 1.54) is 4.90 Å². The number of carbonyl (C=O) groups excluding carboxylic acids is 4. The topological polar surface area (TPSA) is 122 Å². The van der Waals surface area contributed by atoms with Crippen molar-refractivity contribution in [2.45, 2.75) is 30.8 Å². The molecular formula is C24H23ClN4O4. The zero-order valence-electron chi connectivity index (χ0n) is 17.7. The molecule has 0 bridgehead atoms. The van der Waals surface area contributed by atoms with Crippen LogP contribution in [0.2, 0.25) is 5.02 Å². The van der Waals surface area contributed by atoms with E-state index in [0.29, 0.717) is 22.7 Å². The van der Waals surface area contributed by atoms with E-state index in [1.54, 1.807) is 18.2 Å². The number of para-hydroxylation sites is 1. The molecule has 1 spiro atoms. The van der Waals surface area contributed by atoms with Crippen molar-refractivity contribution >= 4 is 40.9 Å². The summed E-state index contributed by atoms with van der Waals surface area (Å²) >= 11 is 6.32. The van der Waals surface area contributed by atoms with Gasteiger partial charge in [0.25, 0.3) is 0 Å². The largest absolute Gasteiger partial charge is 0.370 e. The van der Waals surface area contributed by atoms with Gasteiger partial charge in [-0.05, 0) is 24.5 Å². The Bertz CT molecular complexity index is 1170. The van der Waals surface area contributed by atoms with Gasteiger partial charge in [-0.15, -0.1) is 0 Å². The quantitative estimate of drug-likeness (QED) is 0.558. The third kappa shape index (κ3) is 3.24. The summed E-state index contributed by atoms with van der Waals surface area (Å²) in [5.74, 6) is -3.36. The number of imide groups is 1. The van der Waals surface area contributed by atoms with E-state index in [2.05, 4.69) is 10.6 Å². The summed E-state index contributed by atoms with van der Waals surface area (Å²) in [6, 6.07) is 14.1. The number of nitrogens with two attached hydrogens (primary N) is 1. The zero-order chi connectivity index (χ0) is 23.3. The van der Waals surface area contributed by atoms with Gasteiger partial charge >= 0.3 is 0 Å². The number of likely N-dealkylation sites (tertiary alicyclic amines) is 1. The second-order valence-corrected chi connectivity index (χ2v) is 9.15. The number of nitrogens with zero attached hydrogens (tertiary/aromatic N) is 1. The number of primary amides is 1. The number of nitrogens with one attached hydrogen (secondary N) is 2. The number of hydrogen-bond donors (Lipinski definition) is 3. The third-order valence-corrected chi connectivity index (χ3v) is 7.27. The van der Waals surface area contributed by atoms with Crippen molar-refractivity contribution in [1.29, 1.82) is 0 Å². The highest BCUT2D eigenvalue weighted by molar-refractivity contribution is 6.35. The molecule has 4 amide bonds. The molecule has 0 aliphatic carbocycles. The van der Waals surface area contributed by atoms with Gasteiger partial charge in [-0.1, -0.05) is 54.1 Å². The highest BCUT2D eigenvalue weighted by Crippen LogP contribution is 2.54. The summed E-state index contributed by atoms with van der Waals surface area (Å²) in [5, 5.41) is 6.42. The molecule has 9 heteroatoms. The van der Waals surface area contributed by atoms with Gasteiger partial charge in [0.05, 0.1) is 22.5 Å². The molecule has 2 aromatic rings. The lowest BCUT2D eigenvalue weighted by atomic mass is 9.76. The van der Waals surface area contributed by atoms with Crippen LogP contribution < -0.4 is 16.4 Å². The van der Waals surface area contributed by atoms with Crippen molar-refractivity contribution in [2.24, 2.45) is 17.6 Å². The molecule has 5 rings (SSSR count). The number of anilines is 1. The maximum Gasteiger partial charge on any atom is 0.250 e. The fourth-order valence-corrected chi connectivity index (χ4v) is 5.73. The molecule has 4 unspecified atom stereocenters. The normalized spacial score (nSPS) is 27.7. The average molecular weight is 467 g/mol. The second-order valence-electron chi connectivity index (χ2n) is 8.75. The Hall–Kier alpha value is -3.23. The Kier molecular flexibility index (Phi) is 5.22.